The van der Waals surface area contributed by atoms with Gasteiger partial charge in [0, 0.05) is 29.4 Å². The number of carboxylic acids is 6. The van der Waals surface area contributed by atoms with Gasteiger partial charge in [0.25, 0.3) is 0 Å². The molecule has 0 aliphatic heterocycles. The van der Waals surface area contributed by atoms with Crippen LogP contribution < -0.4 is 0 Å². The molecule has 3 atom stereocenters. The van der Waals surface area contributed by atoms with Crippen LogP contribution in [-0.2, 0) is 100 Å². The van der Waals surface area contributed by atoms with Crippen molar-refractivity contribution >= 4 is 104 Å². The van der Waals surface area contributed by atoms with Gasteiger partial charge in [0.1, 0.15) is 51.1 Å². The van der Waals surface area contributed by atoms with Crippen LogP contribution in [-0.4, -0.2) is 125 Å². The van der Waals surface area contributed by atoms with Gasteiger partial charge in [-0.05, 0) is 181 Å². The number of carboxylic acid groups (broad SMARTS) is 6. The molecule has 3 unspecified atom stereocenters. The summed E-state index contributed by atoms with van der Waals surface area (Å²) in [6.45, 7) is 3.08. The second-order valence-electron chi connectivity index (χ2n) is 26.6. The van der Waals surface area contributed by atoms with Crippen LogP contribution in [0.3, 0.4) is 0 Å². The molecule has 12 aromatic rings. The van der Waals surface area contributed by atoms with E-state index in [1.165, 1.54) is 97.1 Å². The van der Waals surface area contributed by atoms with Crippen LogP contribution >= 0.6 is 0 Å². The van der Waals surface area contributed by atoms with Crippen molar-refractivity contribution in [3.05, 3.63) is 378 Å². The summed E-state index contributed by atoms with van der Waals surface area (Å²) in [5.74, 6) is -14.0. The minimum atomic E-state index is -2.09. The Kier molecular flexibility index (Phi) is 30.9. The third kappa shape index (κ3) is 24.3. The smallest absolute Gasteiger partial charge is 0.339 e. The van der Waals surface area contributed by atoms with Gasteiger partial charge in [-0.15, -0.1) is 0 Å². The van der Waals surface area contributed by atoms with Gasteiger partial charge in [-0.3, -0.25) is 0 Å². The van der Waals surface area contributed by atoms with Crippen molar-refractivity contribution in [1.29, 1.82) is 0 Å². The van der Waals surface area contributed by atoms with Crippen LogP contribution in [0.5, 0.6) is 11.5 Å². The third-order valence-corrected chi connectivity index (χ3v) is 22.0. The number of carbonyl (C=O) groups excluding carboxylic acids is 6. The maximum Gasteiger partial charge on any atom is 0.339 e. The lowest BCUT2D eigenvalue weighted by atomic mass is 10.1. The highest BCUT2D eigenvalue weighted by Gasteiger charge is 2.29. The largest absolute Gasteiger partial charge is 0.508 e. The molecule has 8 N–H and O–H groups in total. The first-order chi connectivity index (χ1) is 59.3. The van der Waals surface area contributed by atoms with E-state index in [1.54, 1.807) is 84.9 Å². The standard InChI is InChI=1S/C32H26O9S.C30H22O11S.C30H22O9S/c1-19-3-7-21(8-4-19)17-40-31(37)26-14-12-23(15-27(26)30(35)36)42(39)24-11-13-25(29(33)34)28(16-24)32(38)41-18-22-9-5-20(2)6-10-22;31-19-5-1-17(2-6-19)15-40-29(37)24-12-10-21(13-25(24)28(35)36)42(39)22-9-11-23(27(33)34)26(14-22)30(38)41-16-18-3-7-20(32)8-4-18;31-27(32)23-13-11-22(16-26(23)30(36)39-18-20-9-5-2-6-10-20)40(37)21-12-14-24(25(15-21)28(33)34)29(35)38-17-19-7-3-1-4-8-19/h3-16H,17-18H2,1-2H3,(H,33,34)(H,35,36);1-14,31-32H,15-16H2,(H,33,34)(H,35,36);1-16H,17-18H2,(H,31,32)(H,33,34). The Balaban J connectivity index is 0.000000195. The lowest BCUT2D eigenvalue weighted by Gasteiger charge is -2.12. The Morgan fingerprint density at radius 2 is 0.395 bits per heavy atom. The normalized spacial score (nSPS) is 11.3. The summed E-state index contributed by atoms with van der Waals surface area (Å²) in [5, 5.41) is 76.6. The second kappa shape index (κ2) is 42.3. The molecule has 0 aliphatic rings. The first-order valence-electron chi connectivity index (χ1n) is 36.6. The Morgan fingerprint density at radius 1 is 0.218 bits per heavy atom. The van der Waals surface area contributed by atoms with Gasteiger partial charge in [0.2, 0.25) is 0 Å². The van der Waals surface area contributed by atoms with Crippen molar-refractivity contribution in [2.45, 2.75) is 82.9 Å². The molecule has 630 valence electrons. The summed E-state index contributed by atoms with van der Waals surface area (Å²) < 4.78 is 71.6. The molecular weight excluding hydrogens is 1670 g/mol. The summed E-state index contributed by atoms with van der Waals surface area (Å²) in [6.07, 6.45) is 0. The van der Waals surface area contributed by atoms with E-state index in [2.05, 4.69) is 0 Å². The van der Waals surface area contributed by atoms with Crippen molar-refractivity contribution in [3.8, 4) is 11.5 Å². The minimum Gasteiger partial charge on any atom is -0.508 e. The number of phenols is 2. The zero-order valence-electron chi connectivity index (χ0n) is 65.0. The van der Waals surface area contributed by atoms with Gasteiger partial charge in [0.15, 0.2) is 0 Å². The third-order valence-electron chi connectivity index (χ3n) is 18.0. The number of aromatic carboxylic acids is 6. The van der Waals surface area contributed by atoms with Crippen molar-refractivity contribution in [3.63, 3.8) is 0 Å². The molecule has 0 spiro atoms. The number of hydrogen-bond donors (Lipinski definition) is 8. The number of ether oxygens (including phenoxy) is 6. The van der Waals surface area contributed by atoms with Crippen LogP contribution in [0, 0.1) is 13.8 Å². The lowest BCUT2D eigenvalue weighted by Crippen LogP contribution is -2.14. The maximum absolute atomic E-state index is 13.4. The highest BCUT2D eigenvalue weighted by molar-refractivity contribution is 7.85. The summed E-state index contributed by atoms with van der Waals surface area (Å²) in [5.41, 5.74) is 1.81. The molecule has 0 amide bonds. The molecule has 0 heterocycles. The van der Waals surface area contributed by atoms with E-state index < -0.39 is 126 Å². The fourth-order valence-corrected chi connectivity index (χ4v) is 14.7. The Bertz CT molecular complexity index is 5920. The highest BCUT2D eigenvalue weighted by Crippen LogP contribution is 2.30. The number of phenolic OH excluding ortho intramolecular Hbond substituents is 2. The average Bonchev–Trinajstić information content (AvgIpc) is 0.802. The number of esters is 6. The fourth-order valence-electron chi connectivity index (χ4n) is 11.4. The quantitative estimate of drug-likeness (QED) is 0.0153. The van der Waals surface area contributed by atoms with E-state index in [9.17, 15) is 111 Å². The van der Waals surface area contributed by atoms with Crippen LogP contribution in [0.1, 0.15) is 169 Å². The number of benzene rings is 12. The molecule has 0 saturated heterocycles. The van der Waals surface area contributed by atoms with Gasteiger partial charge < -0.3 is 69.3 Å². The second-order valence-corrected chi connectivity index (χ2v) is 31.1. The Morgan fingerprint density at radius 3 is 0.605 bits per heavy atom. The molecule has 0 aliphatic carbocycles. The summed E-state index contributed by atoms with van der Waals surface area (Å²) >= 11 is 0. The summed E-state index contributed by atoms with van der Waals surface area (Å²) in [4.78, 5) is 148. The zero-order chi connectivity index (χ0) is 89.4. The number of rotatable bonds is 30. The molecule has 0 saturated carbocycles. The molecule has 0 aromatic heterocycles. The van der Waals surface area contributed by atoms with Gasteiger partial charge >= 0.3 is 71.6 Å². The van der Waals surface area contributed by atoms with Crippen molar-refractivity contribution in [1.82, 2.24) is 0 Å². The van der Waals surface area contributed by atoms with E-state index >= 15 is 0 Å². The van der Waals surface area contributed by atoms with E-state index in [0.29, 0.717) is 27.8 Å². The molecule has 124 heavy (non-hydrogen) atoms. The zero-order valence-corrected chi connectivity index (χ0v) is 67.5. The first-order valence-corrected chi connectivity index (χ1v) is 40.0. The molecule has 0 bridgehead atoms. The fraction of sp³-hybridized carbons (Fsp3) is 0.0870. The molecule has 12 rings (SSSR count). The molecule has 0 fully saturated rings. The van der Waals surface area contributed by atoms with Crippen LogP contribution in [0.2, 0.25) is 0 Å². The van der Waals surface area contributed by atoms with Gasteiger partial charge in [0.05, 0.1) is 99.2 Å². The summed E-state index contributed by atoms with van der Waals surface area (Å²) in [7, 11) is -6.16. The van der Waals surface area contributed by atoms with E-state index in [1.807, 2.05) is 38.1 Å². The van der Waals surface area contributed by atoms with Crippen LogP contribution in [0.25, 0.3) is 0 Å². The first kappa shape index (κ1) is 90.7. The molecule has 29 nitrogen and oxygen atoms in total. The van der Waals surface area contributed by atoms with E-state index in [4.69, 9.17) is 28.4 Å². The monoisotopic (exact) mass is 1730 g/mol. The van der Waals surface area contributed by atoms with Gasteiger partial charge in [-0.25, -0.2) is 70.2 Å². The number of hydrogen-bond acceptors (Lipinski definition) is 23. The Labute approximate surface area is 711 Å². The topological polar surface area (TPSA) is 473 Å². The predicted octanol–water partition coefficient (Wildman–Crippen LogP) is 14.9. The van der Waals surface area contributed by atoms with E-state index in [0.717, 1.165) is 77.4 Å². The van der Waals surface area contributed by atoms with Crippen LogP contribution in [0.4, 0.5) is 0 Å². The summed E-state index contributed by atoms with van der Waals surface area (Å²) in [6, 6.07) is 64.9. The van der Waals surface area contributed by atoms with Gasteiger partial charge in [-0.2, -0.15) is 0 Å². The number of carbonyl (C=O) groups is 12. The number of aromatic hydroxyl groups is 2. The molecule has 0 radical (unpaired) electrons. The van der Waals surface area contributed by atoms with Gasteiger partial charge in [-0.1, -0.05) is 145 Å². The molecule has 32 heteroatoms. The maximum atomic E-state index is 13.4. The minimum absolute atomic E-state index is 0.0125. The Hall–Kier alpha value is -15.7. The number of aryl methyl sites for hydroxylation is 2. The SMILES string of the molecule is Cc1ccc(COC(=O)c2ccc(S(=O)c3ccc(C(=O)O)c(C(=O)OCc4ccc(C)cc4)c3)cc2C(=O)O)cc1.O=C(O)c1cc(S(=O)c2ccc(C(=O)O)c(C(=O)OCc3ccc(O)cc3)c2)ccc1C(=O)OCc1ccc(O)cc1.O=C(O)c1cc(S(=O)c2ccc(C(=O)O)c(C(=O)OCc3ccccc3)c2)ccc1C(=O)OCc1ccccc1. The highest BCUT2D eigenvalue weighted by atomic mass is 32.2. The van der Waals surface area contributed by atoms with Crippen LogP contribution in [0.15, 0.2) is 296 Å². The van der Waals surface area contributed by atoms with Crippen molar-refractivity contribution < 1.29 is 139 Å². The molecular formula is C92H70O29S3. The van der Waals surface area contributed by atoms with E-state index in [-0.39, 0.29) is 125 Å². The predicted molar refractivity (Wildman–Crippen MR) is 441 cm³/mol. The van der Waals surface area contributed by atoms with Crippen molar-refractivity contribution in [2.24, 2.45) is 0 Å². The molecule has 12 aromatic carbocycles. The average molecular weight is 1740 g/mol. The van der Waals surface area contributed by atoms with Crippen molar-refractivity contribution in [2.75, 3.05) is 0 Å². The lowest BCUT2D eigenvalue weighted by molar-refractivity contribution is 0.0457.